The minimum atomic E-state index is 0.558. The summed E-state index contributed by atoms with van der Waals surface area (Å²) in [7, 11) is 0. The Balaban J connectivity index is 1.36. The zero-order valence-electron chi connectivity index (χ0n) is 14.9. The maximum absolute atomic E-state index is 9.59. The largest absolute Gasteiger partial charge is 0.376 e. The molecule has 7 heteroatoms. The average Bonchev–Trinajstić information content (AvgIpc) is 3.17. The van der Waals surface area contributed by atoms with Crippen molar-refractivity contribution in [3.05, 3.63) is 47.2 Å². The number of aromatic nitrogens is 2. The van der Waals surface area contributed by atoms with Gasteiger partial charge in [0.1, 0.15) is 11.9 Å². The molecule has 0 spiro atoms. The highest BCUT2D eigenvalue weighted by atomic mass is 32.1. The van der Waals surface area contributed by atoms with E-state index in [-0.39, 0.29) is 0 Å². The van der Waals surface area contributed by atoms with Crippen molar-refractivity contribution in [2.75, 3.05) is 42.6 Å². The average molecular weight is 377 g/mol. The molecule has 27 heavy (non-hydrogen) atoms. The van der Waals surface area contributed by atoms with Gasteiger partial charge in [0.2, 0.25) is 0 Å². The van der Waals surface area contributed by atoms with Crippen molar-refractivity contribution >= 4 is 32.5 Å². The normalized spacial score (nSPS) is 17.0. The molecule has 2 aromatic heterocycles. The van der Waals surface area contributed by atoms with Gasteiger partial charge < -0.3 is 14.5 Å². The maximum atomic E-state index is 9.59. The van der Waals surface area contributed by atoms with Crippen molar-refractivity contribution in [2.24, 2.45) is 0 Å². The highest BCUT2D eigenvalue weighted by molar-refractivity contribution is 7.22. The van der Waals surface area contributed by atoms with Gasteiger partial charge in [-0.15, -0.1) is 0 Å². The van der Waals surface area contributed by atoms with Crippen molar-refractivity contribution in [2.45, 2.75) is 13.0 Å². The third kappa shape index (κ3) is 3.01. The number of ether oxygens (including phenoxy) is 1. The number of nitriles is 1. The van der Waals surface area contributed by atoms with E-state index in [4.69, 9.17) is 14.7 Å². The second-order valence-corrected chi connectivity index (χ2v) is 7.83. The Bertz CT molecular complexity index is 1000. The molecular weight excluding hydrogens is 358 g/mol. The molecule has 0 radical (unpaired) electrons. The number of hydrogen-bond acceptors (Lipinski definition) is 7. The van der Waals surface area contributed by atoms with Crippen LogP contribution in [0.15, 0.2) is 30.3 Å². The molecule has 136 valence electrons. The summed E-state index contributed by atoms with van der Waals surface area (Å²) in [6.07, 6.45) is 0.819. The molecule has 0 atom stereocenters. The number of nitrogens with zero attached hydrogens (tertiary/aromatic N) is 5. The van der Waals surface area contributed by atoms with E-state index in [2.05, 4.69) is 34.1 Å². The van der Waals surface area contributed by atoms with Crippen LogP contribution in [-0.2, 0) is 17.8 Å². The third-order valence-electron chi connectivity index (χ3n) is 5.16. The van der Waals surface area contributed by atoms with Crippen LogP contribution >= 0.6 is 11.3 Å². The van der Waals surface area contributed by atoms with Gasteiger partial charge in [0.25, 0.3) is 0 Å². The number of para-hydroxylation sites is 1. The van der Waals surface area contributed by atoms with E-state index in [1.807, 2.05) is 12.1 Å². The van der Waals surface area contributed by atoms with E-state index in [1.165, 1.54) is 4.70 Å². The molecule has 2 aliphatic rings. The first-order chi connectivity index (χ1) is 13.3. The molecule has 0 bridgehead atoms. The van der Waals surface area contributed by atoms with Gasteiger partial charge in [-0.1, -0.05) is 23.5 Å². The number of hydrogen-bond donors (Lipinski definition) is 0. The molecule has 0 aliphatic carbocycles. The van der Waals surface area contributed by atoms with Gasteiger partial charge in [-0.25, -0.2) is 9.97 Å². The number of benzene rings is 1. The first-order valence-electron chi connectivity index (χ1n) is 9.18. The first-order valence-corrected chi connectivity index (χ1v) is 9.99. The highest BCUT2D eigenvalue weighted by Gasteiger charge is 2.24. The number of fused-ring (bicyclic) bond motifs is 2. The van der Waals surface area contributed by atoms with Gasteiger partial charge >= 0.3 is 0 Å². The van der Waals surface area contributed by atoms with Crippen LogP contribution in [0, 0.1) is 11.3 Å². The number of pyridine rings is 1. The Morgan fingerprint density at radius 3 is 2.70 bits per heavy atom. The van der Waals surface area contributed by atoms with Gasteiger partial charge in [-0.2, -0.15) is 5.26 Å². The Hall–Kier alpha value is -2.69. The monoisotopic (exact) mass is 377 g/mol. The lowest BCUT2D eigenvalue weighted by atomic mass is 10.1. The van der Waals surface area contributed by atoms with E-state index in [9.17, 15) is 5.26 Å². The summed E-state index contributed by atoms with van der Waals surface area (Å²) >= 11 is 1.74. The standard InChI is InChI=1S/C20H19N5OS/c21-12-14-11-15-13-26-10-5-16(15)22-19(14)24-6-8-25(9-7-24)20-23-17-3-1-2-4-18(17)27-20/h1-4,11H,5-10,13H2. The summed E-state index contributed by atoms with van der Waals surface area (Å²) in [4.78, 5) is 14.2. The van der Waals surface area contributed by atoms with Crippen LogP contribution in [0.25, 0.3) is 10.2 Å². The van der Waals surface area contributed by atoms with Crippen molar-refractivity contribution in [1.29, 1.82) is 5.26 Å². The molecule has 1 saturated heterocycles. The lowest BCUT2D eigenvalue weighted by molar-refractivity contribution is 0.109. The third-order valence-corrected chi connectivity index (χ3v) is 6.26. The Morgan fingerprint density at radius 1 is 1.07 bits per heavy atom. The Kier molecular flexibility index (Phi) is 4.15. The summed E-state index contributed by atoms with van der Waals surface area (Å²) in [5.74, 6) is 0.821. The summed E-state index contributed by atoms with van der Waals surface area (Å²) in [6.45, 7) is 4.71. The van der Waals surface area contributed by atoms with Crippen LogP contribution in [0.1, 0.15) is 16.8 Å². The molecule has 1 fully saturated rings. The smallest absolute Gasteiger partial charge is 0.186 e. The second-order valence-electron chi connectivity index (χ2n) is 6.82. The lowest BCUT2D eigenvalue weighted by Crippen LogP contribution is -2.47. The predicted molar refractivity (Wildman–Crippen MR) is 106 cm³/mol. The van der Waals surface area contributed by atoms with Crippen LogP contribution in [0.2, 0.25) is 0 Å². The number of rotatable bonds is 2. The van der Waals surface area contributed by atoms with E-state index >= 15 is 0 Å². The minimum Gasteiger partial charge on any atom is -0.376 e. The second kappa shape index (κ2) is 6.80. The Morgan fingerprint density at radius 2 is 1.89 bits per heavy atom. The molecular formula is C20H19N5OS. The van der Waals surface area contributed by atoms with E-state index in [0.29, 0.717) is 18.8 Å². The molecule has 3 aromatic rings. The summed E-state index contributed by atoms with van der Waals surface area (Å²) in [5.41, 5.74) is 3.83. The molecule has 5 rings (SSSR count). The fourth-order valence-electron chi connectivity index (χ4n) is 3.70. The Labute approximate surface area is 161 Å². The summed E-state index contributed by atoms with van der Waals surface area (Å²) in [5, 5.41) is 10.7. The first kappa shape index (κ1) is 16.5. The van der Waals surface area contributed by atoms with Gasteiger partial charge in [0.15, 0.2) is 5.13 Å². The predicted octanol–water partition coefficient (Wildman–Crippen LogP) is 2.96. The van der Waals surface area contributed by atoms with Gasteiger partial charge in [-0.3, -0.25) is 0 Å². The number of piperazine rings is 1. The van der Waals surface area contributed by atoms with E-state index in [0.717, 1.165) is 60.3 Å². The molecule has 0 unspecified atom stereocenters. The van der Waals surface area contributed by atoms with Crippen LogP contribution in [0.5, 0.6) is 0 Å². The quantitative estimate of drug-likeness (QED) is 0.684. The molecule has 4 heterocycles. The molecule has 2 aliphatic heterocycles. The molecule has 1 aromatic carbocycles. The minimum absolute atomic E-state index is 0.558. The van der Waals surface area contributed by atoms with E-state index < -0.39 is 0 Å². The van der Waals surface area contributed by atoms with Gasteiger partial charge in [-0.05, 0) is 18.2 Å². The van der Waals surface area contributed by atoms with Gasteiger partial charge in [0.05, 0.1) is 34.7 Å². The fraction of sp³-hybridized carbons (Fsp3) is 0.350. The van der Waals surface area contributed by atoms with E-state index in [1.54, 1.807) is 11.3 Å². The lowest BCUT2D eigenvalue weighted by Gasteiger charge is -2.36. The van der Waals surface area contributed by atoms with Crippen LogP contribution in [0.3, 0.4) is 0 Å². The number of thiazole rings is 1. The number of anilines is 2. The zero-order chi connectivity index (χ0) is 18.2. The SMILES string of the molecule is N#Cc1cc2c(nc1N1CCN(c3nc4ccccc4s3)CC1)CCOC2. The van der Waals surface area contributed by atoms with Crippen molar-refractivity contribution < 1.29 is 4.74 Å². The zero-order valence-corrected chi connectivity index (χ0v) is 15.7. The van der Waals surface area contributed by atoms with Crippen LogP contribution < -0.4 is 9.80 Å². The van der Waals surface area contributed by atoms with Gasteiger partial charge in [0, 0.05) is 38.2 Å². The summed E-state index contributed by atoms with van der Waals surface area (Å²) < 4.78 is 6.72. The molecule has 6 nitrogen and oxygen atoms in total. The summed E-state index contributed by atoms with van der Waals surface area (Å²) in [6, 6.07) is 12.5. The topological polar surface area (TPSA) is 65.3 Å². The molecule has 0 N–H and O–H groups in total. The maximum Gasteiger partial charge on any atom is 0.186 e. The van der Waals surface area contributed by atoms with Crippen LogP contribution in [0.4, 0.5) is 10.9 Å². The fourth-order valence-corrected chi connectivity index (χ4v) is 4.72. The van der Waals surface area contributed by atoms with Crippen molar-refractivity contribution in [3.63, 3.8) is 0 Å². The van der Waals surface area contributed by atoms with Crippen molar-refractivity contribution in [3.8, 4) is 6.07 Å². The molecule has 0 saturated carbocycles. The van der Waals surface area contributed by atoms with Crippen LogP contribution in [-0.4, -0.2) is 42.8 Å². The van der Waals surface area contributed by atoms with Crippen molar-refractivity contribution in [1.82, 2.24) is 9.97 Å². The molecule has 0 amide bonds. The highest BCUT2D eigenvalue weighted by Crippen LogP contribution is 2.30.